The molecular formula is C23H21N3. The zero-order valence-electron chi connectivity index (χ0n) is 14.9. The van der Waals surface area contributed by atoms with Crippen LogP contribution in [0.1, 0.15) is 24.7 Å². The fourth-order valence-corrected chi connectivity index (χ4v) is 2.79. The van der Waals surface area contributed by atoms with Crippen LogP contribution in [-0.4, -0.2) is 9.97 Å². The first-order chi connectivity index (χ1) is 12.8. The van der Waals surface area contributed by atoms with Gasteiger partial charge in [0.2, 0.25) is 0 Å². The molecule has 0 aliphatic carbocycles. The minimum Gasteiger partial charge on any atom is -0.253 e. The Morgan fingerprint density at radius 2 is 1.27 bits per heavy atom. The minimum absolute atomic E-state index is 0.380. The van der Waals surface area contributed by atoms with Crippen molar-refractivity contribution in [1.82, 2.24) is 9.97 Å². The van der Waals surface area contributed by atoms with Gasteiger partial charge in [-0.3, -0.25) is 9.97 Å². The van der Waals surface area contributed by atoms with Crippen LogP contribution in [-0.2, 0) is 12.8 Å². The maximum absolute atomic E-state index is 8.50. The van der Waals surface area contributed by atoms with E-state index in [4.69, 9.17) is 5.26 Å². The Morgan fingerprint density at radius 1 is 0.731 bits per heavy atom. The van der Waals surface area contributed by atoms with Gasteiger partial charge in [-0.15, -0.1) is 0 Å². The molecule has 0 fully saturated rings. The molecule has 2 aromatic heterocycles. The summed E-state index contributed by atoms with van der Waals surface area (Å²) >= 11 is 0. The number of fused-ring (bicyclic) bond motifs is 2. The van der Waals surface area contributed by atoms with E-state index in [0.29, 0.717) is 6.42 Å². The summed E-state index contributed by atoms with van der Waals surface area (Å²) in [5.74, 6) is 0. The number of benzene rings is 2. The average molecular weight is 339 g/mol. The molecule has 0 radical (unpaired) electrons. The van der Waals surface area contributed by atoms with Crippen LogP contribution in [0.2, 0.25) is 0 Å². The van der Waals surface area contributed by atoms with E-state index < -0.39 is 0 Å². The molecule has 0 aliphatic heterocycles. The molecule has 0 unspecified atom stereocenters. The van der Waals surface area contributed by atoms with Gasteiger partial charge in [-0.1, -0.05) is 61.9 Å². The van der Waals surface area contributed by atoms with Crippen LogP contribution < -0.4 is 0 Å². The lowest BCUT2D eigenvalue weighted by Gasteiger charge is -2.00. The molecule has 2 heterocycles. The highest BCUT2D eigenvalue weighted by Crippen LogP contribution is 2.13. The molecule has 0 atom stereocenters. The van der Waals surface area contributed by atoms with E-state index in [1.54, 1.807) is 0 Å². The van der Waals surface area contributed by atoms with Crippen LogP contribution >= 0.6 is 0 Å². The largest absolute Gasteiger partial charge is 0.253 e. The van der Waals surface area contributed by atoms with Gasteiger partial charge in [-0.2, -0.15) is 5.26 Å². The second-order valence-electron chi connectivity index (χ2n) is 6.08. The lowest BCUT2D eigenvalue weighted by Crippen LogP contribution is -1.88. The van der Waals surface area contributed by atoms with Gasteiger partial charge in [0.25, 0.3) is 0 Å². The molecular weight excluding hydrogens is 318 g/mol. The number of nitriles is 1. The highest BCUT2D eigenvalue weighted by Gasteiger charge is 1.96. The molecule has 0 amide bonds. The molecule has 0 N–H and O–H groups in total. The first-order valence-electron chi connectivity index (χ1n) is 8.86. The zero-order chi connectivity index (χ0) is 18.2. The maximum Gasteiger partial charge on any atom is 0.0774 e. The van der Waals surface area contributed by atoms with Crippen molar-refractivity contribution in [3.63, 3.8) is 0 Å². The van der Waals surface area contributed by atoms with Crippen molar-refractivity contribution in [3.8, 4) is 6.07 Å². The van der Waals surface area contributed by atoms with Crippen molar-refractivity contribution in [2.75, 3.05) is 0 Å². The van der Waals surface area contributed by atoms with Crippen molar-refractivity contribution in [3.05, 3.63) is 84.2 Å². The SMILES string of the molecule is CCCc1ccc2ccccc2n1.N#CCc1ccc2ccccc2n1. The molecule has 3 heteroatoms. The molecule has 128 valence electrons. The van der Waals surface area contributed by atoms with Crippen LogP contribution in [0.25, 0.3) is 21.8 Å². The molecule has 26 heavy (non-hydrogen) atoms. The number of aryl methyl sites for hydroxylation is 1. The molecule has 0 saturated heterocycles. The highest BCUT2D eigenvalue weighted by atomic mass is 14.7. The summed E-state index contributed by atoms with van der Waals surface area (Å²) in [6.45, 7) is 2.18. The predicted molar refractivity (Wildman–Crippen MR) is 107 cm³/mol. The zero-order valence-corrected chi connectivity index (χ0v) is 14.9. The lowest BCUT2D eigenvalue weighted by molar-refractivity contribution is 0.890. The number of para-hydroxylation sites is 2. The first kappa shape index (κ1) is 17.6. The number of nitrogens with zero attached hydrogens (tertiary/aromatic N) is 3. The first-order valence-corrected chi connectivity index (χ1v) is 8.86. The van der Waals surface area contributed by atoms with E-state index >= 15 is 0 Å². The van der Waals surface area contributed by atoms with E-state index in [1.807, 2.05) is 48.5 Å². The summed E-state index contributed by atoms with van der Waals surface area (Å²) in [7, 11) is 0. The Balaban J connectivity index is 0.000000151. The van der Waals surface area contributed by atoms with E-state index in [-0.39, 0.29) is 0 Å². The van der Waals surface area contributed by atoms with Crippen LogP contribution in [0.3, 0.4) is 0 Å². The average Bonchev–Trinajstić information content (AvgIpc) is 2.69. The molecule has 3 nitrogen and oxygen atoms in total. The monoisotopic (exact) mass is 339 g/mol. The molecule has 2 aromatic carbocycles. The van der Waals surface area contributed by atoms with E-state index in [1.165, 1.54) is 11.1 Å². The Hall–Kier alpha value is -3.25. The molecule has 4 rings (SSSR count). The van der Waals surface area contributed by atoms with Crippen LogP contribution in [0.15, 0.2) is 72.8 Å². The number of hydrogen-bond acceptors (Lipinski definition) is 3. The van der Waals surface area contributed by atoms with E-state index in [2.05, 4.69) is 47.2 Å². The van der Waals surface area contributed by atoms with Gasteiger partial charge < -0.3 is 0 Å². The third-order valence-electron chi connectivity index (χ3n) is 4.08. The second-order valence-corrected chi connectivity index (χ2v) is 6.08. The summed E-state index contributed by atoms with van der Waals surface area (Å²) in [5.41, 5.74) is 4.09. The second kappa shape index (κ2) is 8.73. The number of hydrogen-bond donors (Lipinski definition) is 0. The summed E-state index contributed by atoms with van der Waals surface area (Å²) in [5, 5.41) is 10.8. The van der Waals surface area contributed by atoms with Gasteiger partial charge >= 0.3 is 0 Å². The number of pyridine rings is 2. The van der Waals surface area contributed by atoms with Crippen LogP contribution in [0.4, 0.5) is 0 Å². The quantitative estimate of drug-likeness (QED) is 0.496. The third kappa shape index (κ3) is 4.43. The third-order valence-corrected chi connectivity index (χ3v) is 4.08. The smallest absolute Gasteiger partial charge is 0.0774 e. The van der Waals surface area contributed by atoms with Gasteiger partial charge in [0.15, 0.2) is 0 Å². The van der Waals surface area contributed by atoms with Gasteiger partial charge in [0.1, 0.15) is 0 Å². The van der Waals surface area contributed by atoms with E-state index in [9.17, 15) is 0 Å². The minimum atomic E-state index is 0.380. The Bertz CT molecular complexity index is 1050. The Kier molecular flexibility index (Phi) is 5.90. The Labute approximate surface area is 154 Å². The van der Waals surface area contributed by atoms with Gasteiger partial charge in [0.05, 0.1) is 29.2 Å². The van der Waals surface area contributed by atoms with Crippen molar-refractivity contribution >= 4 is 21.8 Å². The standard InChI is InChI=1S/C12H13N.C11H8N2/c1-2-5-11-9-8-10-6-3-4-7-12(10)13-11;12-8-7-10-6-5-9-3-1-2-4-11(9)13-10/h3-4,6-9H,2,5H2,1H3;1-6H,7H2. The van der Waals surface area contributed by atoms with Gasteiger partial charge in [-0.25, -0.2) is 0 Å². The summed E-state index contributed by atoms with van der Waals surface area (Å²) in [6, 6.07) is 26.4. The van der Waals surface area contributed by atoms with Crippen molar-refractivity contribution in [2.45, 2.75) is 26.2 Å². The summed E-state index contributed by atoms with van der Waals surface area (Å²) < 4.78 is 0. The topological polar surface area (TPSA) is 49.6 Å². The lowest BCUT2D eigenvalue weighted by atomic mass is 10.1. The van der Waals surface area contributed by atoms with Gasteiger partial charge in [0, 0.05) is 16.5 Å². The molecule has 0 bridgehead atoms. The fourth-order valence-electron chi connectivity index (χ4n) is 2.79. The van der Waals surface area contributed by atoms with Crippen molar-refractivity contribution < 1.29 is 0 Å². The maximum atomic E-state index is 8.50. The fraction of sp³-hybridized carbons (Fsp3) is 0.174. The van der Waals surface area contributed by atoms with Gasteiger partial charge in [-0.05, 0) is 30.7 Å². The summed E-state index contributed by atoms with van der Waals surface area (Å²) in [4.78, 5) is 8.91. The van der Waals surface area contributed by atoms with Crippen molar-refractivity contribution in [2.24, 2.45) is 0 Å². The van der Waals surface area contributed by atoms with E-state index in [0.717, 1.165) is 35.0 Å². The van der Waals surface area contributed by atoms with Crippen LogP contribution in [0, 0.1) is 11.3 Å². The Morgan fingerprint density at radius 3 is 1.85 bits per heavy atom. The van der Waals surface area contributed by atoms with Crippen molar-refractivity contribution in [1.29, 1.82) is 5.26 Å². The number of aromatic nitrogens is 2. The highest BCUT2D eigenvalue weighted by molar-refractivity contribution is 5.79. The molecule has 0 saturated carbocycles. The molecule has 0 aliphatic rings. The number of rotatable bonds is 3. The summed E-state index contributed by atoms with van der Waals surface area (Å²) in [6.07, 6.45) is 2.61. The molecule has 0 spiro atoms. The predicted octanol–water partition coefficient (Wildman–Crippen LogP) is 5.49. The molecule has 4 aromatic rings. The van der Waals surface area contributed by atoms with Crippen LogP contribution in [0.5, 0.6) is 0 Å². The normalized spacial score (nSPS) is 10.2.